The van der Waals surface area contributed by atoms with Crippen molar-refractivity contribution in [3.05, 3.63) is 0 Å². The Morgan fingerprint density at radius 1 is 1.32 bits per heavy atom. The lowest BCUT2D eigenvalue weighted by molar-refractivity contribution is -0.121. The summed E-state index contributed by atoms with van der Waals surface area (Å²) in [7, 11) is 0. The predicted octanol–water partition coefficient (Wildman–Crippen LogP) is 0.0469. The summed E-state index contributed by atoms with van der Waals surface area (Å²) in [6, 6.07) is 0.181. The standard InChI is InChI=1S/C13H24N4O2/c1-3-14-13(19)16-12(18)9(2)15-10-6-8-17-7-4-5-11(10)17/h9-11,15H,3-8H2,1-2H3,(H2,14,16,18,19). The van der Waals surface area contributed by atoms with Gasteiger partial charge in [0.15, 0.2) is 0 Å². The van der Waals surface area contributed by atoms with Crippen LogP contribution in [0.2, 0.25) is 0 Å². The molecule has 0 aliphatic carbocycles. The van der Waals surface area contributed by atoms with Gasteiger partial charge in [-0.1, -0.05) is 0 Å². The van der Waals surface area contributed by atoms with Crippen molar-refractivity contribution in [2.45, 2.75) is 51.2 Å². The third kappa shape index (κ3) is 3.45. The zero-order chi connectivity index (χ0) is 13.8. The van der Waals surface area contributed by atoms with Crippen molar-refractivity contribution >= 4 is 11.9 Å². The van der Waals surface area contributed by atoms with E-state index in [1.165, 1.54) is 19.4 Å². The fraction of sp³-hybridized carbons (Fsp3) is 0.846. The van der Waals surface area contributed by atoms with Crippen LogP contribution in [0.3, 0.4) is 0 Å². The van der Waals surface area contributed by atoms with E-state index >= 15 is 0 Å². The molecular formula is C13H24N4O2. The van der Waals surface area contributed by atoms with Crippen molar-refractivity contribution in [3.8, 4) is 0 Å². The Morgan fingerprint density at radius 3 is 2.84 bits per heavy atom. The number of fused-ring (bicyclic) bond motifs is 1. The van der Waals surface area contributed by atoms with Crippen LogP contribution in [0.4, 0.5) is 4.79 Å². The maximum atomic E-state index is 11.9. The maximum absolute atomic E-state index is 11.9. The summed E-state index contributed by atoms with van der Waals surface area (Å²) in [5, 5.41) is 8.27. The Labute approximate surface area is 114 Å². The number of imide groups is 1. The zero-order valence-corrected chi connectivity index (χ0v) is 11.7. The van der Waals surface area contributed by atoms with Crippen molar-refractivity contribution in [1.29, 1.82) is 0 Å². The van der Waals surface area contributed by atoms with Crippen molar-refractivity contribution < 1.29 is 9.59 Å². The highest BCUT2D eigenvalue weighted by molar-refractivity contribution is 5.96. The van der Waals surface area contributed by atoms with E-state index in [4.69, 9.17) is 0 Å². The summed E-state index contributed by atoms with van der Waals surface area (Å²) >= 11 is 0. The molecule has 2 fully saturated rings. The van der Waals surface area contributed by atoms with Crippen LogP contribution in [-0.2, 0) is 4.79 Å². The molecule has 2 heterocycles. The molecular weight excluding hydrogens is 244 g/mol. The predicted molar refractivity (Wildman–Crippen MR) is 72.8 cm³/mol. The Balaban J connectivity index is 1.78. The van der Waals surface area contributed by atoms with Crippen LogP contribution >= 0.6 is 0 Å². The molecule has 0 aromatic heterocycles. The molecule has 0 bridgehead atoms. The molecule has 2 saturated heterocycles. The smallest absolute Gasteiger partial charge is 0.321 e. The number of nitrogens with one attached hydrogen (secondary N) is 3. The quantitative estimate of drug-likeness (QED) is 0.673. The van der Waals surface area contributed by atoms with Crippen molar-refractivity contribution in [2.24, 2.45) is 0 Å². The molecule has 2 aliphatic heterocycles. The number of carbonyl (C=O) groups excluding carboxylic acids is 2. The van der Waals surface area contributed by atoms with E-state index < -0.39 is 6.03 Å². The number of rotatable bonds is 4. The highest BCUT2D eigenvalue weighted by atomic mass is 16.2. The Hall–Kier alpha value is -1.14. The van der Waals surface area contributed by atoms with Gasteiger partial charge in [0.1, 0.15) is 0 Å². The number of carbonyl (C=O) groups is 2. The van der Waals surface area contributed by atoms with Gasteiger partial charge >= 0.3 is 6.03 Å². The molecule has 0 aromatic carbocycles. The third-order valence-electron chi connectivity index (χ3n) is 4.04. The summed E-state index contributed by atoms with van der Waals surface area (Å²) in [6.07, 6.45) is 3.55. The van der Waals surface area contributed by atoms with Crippen LogP contribution in [0, 0.1) is 0 Å². The Kier molecular flexibility index (Phi) is 4.76. The number of amides is 3. The van der Waals surface area contributed by atoms with Gasteiger partial charge in [0, 0.05) is 25.2 Å². The fourth-order valence-electron chi connectivity index (χ4n) is 3.10. The lowest BCUT2D eigenvalue weighted by Crippen LogP contribution is -2.52. The minimum atomic E-state index is -0.421. The van der Waals surface area contributed by atoms with Gasteiger partial charge in [0.2, 0.25) is 5.91 Å². The lowest BCUT2D eigenvalue weighted by atomic mass is 10.1. The van der Waals surface area contributed by atoms with Gasteiger partial charge in [-0.15, -0.1) is 0 Å². The molecule has 0 aromatic rings. The van der Waals surface area contributed by atoms with Gasteiger partial charge < -0.3 is 10.6 Å². The lowest BCUT2D eigenvalue weighted by Gasteiger charge is -2.24. The molecule has 3 N–H and O–H groups in total. The van der Waals surface area contributed by atoms with Crippen LogP contribution in [0.1, 0.15) is 33.1 Å². The highest BCUT2D eigenvalue weighted by Gasteiger charge is 2.38. The minimum Gasteiger partial charge on any atom is -0.338 e. The van der Waals surface area contributed by atoms with Crippen molar-refractivity contribution in [1.82, 2.24) is 20.9 Å². The van der Waals surface area contributed by atoms with E-state index in [0.29, 0.717) is 18.6 Å². The second kappa shape index (κ2) is 6.34. The van der Waals surface area contributed by atoms with E-state index in [-0.39, 0.29) is 11.9 Å². The number of hydrogen-bond donors (Lipinski definition) is 3. The number of urea groups is 1. The average Bonchev–Trinajstić information content (AvgIpc) is 2.94. The zero-order valence-electron chi connectivity index (χ0n) is 11.7. The summed E-state index contributed by atoms with van der Waals surface area (Å²) in [6.45, 7) is 6.45. The molecule has 3 amide bonds. The molecule has 6 nitrogen and oxygen atoms in total. The topological polar surface area (TPSA) is 73.5 Å². The summed E-state index contributed by atoms with van der Waals surface area (Å²) < 4.78 is 0. The average molecular weight is 268 g/mol. The van der Waals surface area contributed by atoms with E-state index in [1.807, 2.05) is 13.8 Å². The van der Waals surface area contributed by atoms with Gasteiger partial charge in [-0.3, -0.25) is 15.0 Å². The molecule has 2 aliphatic rings. The van der Waals surface area contributed by atoms with Crippen molar-refractivity contribution in [3.63, 3.8) is 0 Å². The molecule has 0 saturated carbocycles. The van der Waals surface area contributed by atoms with E-state index in [0.717, 1.165) is 13.0 Å². The first-order valence-electron chi connectivity index (χ1n) is 7.20. The van der Waals surface area contributed by atoms with Crippen molar-refractivity contribution in [2.75, 3.05) is 19.6 Å². The van der Waals surface area contributed by atoms with Gasteiger partial charge in [0.05, 0.1) is 6.04 Å². The first kappa shape index (κ1) is 14.3. The second-order valence-corrected chi connectivity index (χ2v) is 5.38. The van der Waals surface area contributed by atoms with Gasteiger partial charge in [-0.05, 0) is 39.7 Å². The molecule has 108 valence electrons. The van der Waals surface area contributed by atoms with Gasteiger partial charge in [-0.25, -0.2) is 4.79 Å². The fourth-order valence-corrected chi connectivity index (χ4v) is 3.10. The van der Waals surface area contributed by atoms with Crippen LogP contribution in [0.15, 0.2) is 0 Å². The van der Waals surface area contributed by atoms with Crippen LogP contribution in [0.5, 0.6) is 0 Å². The molecule has 0 spiro atoms. The summed E-state index contributed by atoms with van der Waals surface area (Å²) in [5.41, 5.74) is 0. The molecule has 3 atom stereocenters. The first-order chi connectivity index (χ1) is 9.11. The van der Waals surface area contributed by atoms with Crippen LogP contribution in [0.25, 0.3) is 0 Å². The number of hydrogen-bond acceptors (Lipinski definition) is 4. The molecule has 19 heavy (non-hydrogen) atoms. The first-order valence-corrected chi connectivity index (χ1v) is 7.20. The van der Waals surface area contributed by atoms with E-state index in [2.05, 4.69) is 20.9 Å². The number of nitrogens with zero attached hydrogens (tertiary/aromatic N) is 1. The molecule has 6 heteroatoms. The Morgan fingerprint density at radius 2 is 2.11 bits per heavy atom. The monoisotopic (exact) mass is 268 g/mol. The summed E-state index contributed by atoms with van der Waals surface area (Å²) in [5.74, 6) is -0.262. The molecule has 0 radical (unpaired) electrons. The molecule has 3 unspecified atom stereocenters. The van der Waals surface area contributed by atoms with Crippen LogP contribution < -0.4 is 16.0 Å². The van der Waals surface area contributed by atoms with E-state index in [1.54, 1.807) is 0 Å². The van der Waals surface area contributed by atoms with Gasteiger partial charge in [0.25, 0.3) is 0 Å². The Bertz CT molecular complexity index is 348. The van der Waals surface area contributed by atoms with Gasteiger partial charge in [-0.2, -0.15) is 0 Å². The van der Waals surface area contributed by atoms with Crippen LogP contribution in [-0.4, -0.2) is 54.6 Å². The highest BCUT2D eigenvalue weighted by Crippen LogP contribution is 2.28. The largest absolute Gasteiger partial charge is 0.338 e. The van der Waals surface area contributed by atoms with E-state index in [9.17, 15) is 9.59 Å². The molecule has 2 rings (SSSR count). The second-order valence-electron chi connectivity index (χ2n) is 5.38. The minimum absolute atomic E-state index is 0.262. The summed E-state index contributed by atoms with van der Waals surface area (Å²) in [4.78, 5) is 25.7. The normalized spacial score (nSPS) is 27.9. The third-order valence-corrected chi connectivity index (χ3v) is 4.04. The maximum Gasteiger partial charge on any atom is 0.321 e. The SMILES string of the molecule is CCNC(=O)NC(=O)C(C)NC1CCN2CCCC12.